The first-order chi connectivity index (χ1) is 15.8. The zero-order chi connectivity index (χ0) is 25.1. The van der Waals surface area contributed by atoms with Gasteiger partial charge in [0.05, 0.1) is 5.75 Å². The van der Waals surface area contributed by atoms with Gasteiger partial charge in [-0.3, -0.25) is 9.35 Å². The van der Waals surface area contributed by atoms with Gasteiger partial charge in [0.1, 0.15) is 16.3 Å². The number of carbonyl (C=O) groups excluding carboxylic acids is 1. The van der Waals surface area contributed by atoms with E-state index >= 15 is 0 Å². The summed E-state index contributed by atoms with van der Waals surface area (Å²) in [7, 11) is -7.08. The molecule has 2 aromatic carbocycles. The zero-order valence-electron chi connectivity index (χ0n) is 17.1. The highest BCUT2D eigenvalue weighted by Crippen LogP contribution is 2.24. The highest BCUT2D eigenvalue weighted by atomic mass is 35.5. The average Bonchev–Trinajstić information content (AvgIpc) is 3.16. The Labute approximate surface area is 199 Å². The van der Waals surface area contributed by atoms with Gasteiger partial charge in [0.15, 0.2) is 5.58 Å². The molecule has 184 valence electrons. The molecule has 3 rings (SSSR count). The van der Waals surface area contributed by atoms with Crippen molar-refractivity contribution < 1.29 is 39.6 Å². The Morgan fingerprint density at radius 1 is 1.21 bits per heavy atom. The Bertz CT molecular complexity index is 1310. The van der Waals surface area contributed by atoms with Crippen LogP contribution in [0.25, 0.3) is 11.1 Å². The molecule has 0 aliphatic rings. The smallest absolute Gasteiger partial charge is 0.430 e. The number of hydrogen-bond acceptors (Lipinski definition) is 6. The summed E-state index contributed by atoms with van der Waals surface area (Å²) in [6, 6.07) is 10.9. The Hall–Kier alpha value is -2.52. The summed E-state index contributed by atoms with van der Waals surface area (Å²) in [5, 5.41) is 2.85. The van der Waals surface area contributed by atoms with Crippen LogP contribution in [0.5, 0.6) is 0 Å². The molecule has 0 spiro atoms. The molecule has 0 radical (unpaired) electrons. The topological polar surface area (TPSA) is 130 Å². The van der Waals surface area contributed by atoms with Crippen molar-refractivity contribution in [2.24, 2.45) is 0 Å². The fourth-order valence-corrected chi connectivity index (χ4v) is 4.59. The second-order valence-corrected chi connectivity index (χ2v) is 10.0. The van der Waals surface area contributed by atoms with Crippen LogP contribution in [0.4, 0.5) is 13.2 Å². The number of fused-ring (bicyclic) bond motifs is 1. The van der Waals surface area contributed by atoms with E-state index in [0.717, 1.165) is 5.56 Å². The molecule has 0 aliphatic heterocycles. The molecular weight excluding hydrogens is 523 g/mol. The van der Waals surface area contributed by atoms with Gasteiger partial charge in [0, 0.05) is 23.7 Å². The summed E-state index contributed by atoms with van der Waals surface area (Å²) < 4.78 is 85.4. The second-order valence-electron chi connectivity index (χ2n) is 6.91. The van der Waals surface area contributed by atoms with Gasteiger partial charge in [-0.15, -0.1) is 0 Å². The number of carbonyl (C=O) groups is 1. The largest absolute Gasteiger partial charge is 0.475 e. The molecule has 0 bridgehead atoms. The minimum atomic E-state index is -5.48. The van der Waals surface area contributed by atoms with Crippen LogP contribution in [0.15, 0.2) is 52.1 Å². The third kappa shape index (κ3) is 6.76. The lowest BCUT2D eigenvalue weighted by atomic mass is 10.2. The zero-order valence-corrected chi connectivity index (χ0v) is 19.5. The van der Waals surface area contributed by atoms with Crippen LogP contribution in [0.2, 0.25) is 5.02 Å². The van der Waals surface area contributed by atoms with Gasteiger partial charge >= 0.3 is 16.6 Å². The first-order valence-electron chi connectivity index (χ1n) is 9.48. The molecule has 0 saturated carbocycles. The van der Waals surface area contributed by atoms with E-state index < -0.39 is 50.6 Å². The summed E-state index contributed by atoms with van der Waals surface area (Å²) in [5.74, 6) is -0.519. The minimum absolute atomic E-state index is 0.0417. The van der Waals surface area contributed by atoms with E-state index in [-0.39, 0.29) is 34.2 Å². The van der Waals surface area contributed by atoms with Crippen molar-refractivity contribution in [3.8, 4) is 0 Å². The molecule has 1 amide bonds. The van der Waals surface area contributed by atoms with E-state index in [1.165, 1.54) is 18.2 Å². The Balaban J connectivity index is 1.61. The summed E-state index contributed by atoms with van der Waals surface area (Å²) >= 11 is 5.83. The molecule has 1 heterocycles. The number of hydrogen-bond donors (Lipinski definition) is 2. The van der Waals surface area contributed by atoms with E-state index in [1.807, 2.05) is 0 Å². The predicted octanol–water partition coefficient (Wildman–Crippen LogP) is 3.53. The average molecular weight is 540 g/mol. The summed E-state index contributed by atoms with van der Waals surface area (Å²) in [6.45, 7) is -1.37. The molecule has 9 nitrogen and oxygen atoms in total. The fraction of sp³-hybridized carbons (Fsp3) is 0.263. The third-order valence-electron chi connectivity index (χ3n) is 4.42. The maximum absolute atomic E-state index is 12.7. The lowest BCUT2D eigenvalue weighted by molar-refractivity contribution is -0.212. The van der Waals surface area contributed by atoms with Crippen molar-refractivity contribution in [3.05, 3.63) is 58.6 Å². The SMILES string of the molecule is O=C(NCCCN(C(F)(F)F)S(=O)(=O)O)c1ccc2oc(S(=O)Cc3ccc(Cl)cc3)nc2c1. The molecule has 15 heteroatoms. The Kier molecular flexibility index (Phi) is 7.98. The molecular formula is C19H17ClF3N3O6S2. The fourth-order valence-electron chi connectivity index (χ4n) is 2.84. The molecule has 1 unspecified atom stereocenters. The minimum Gasteiger partial charge on any atom is -0.430 e. The van der Waals surface area contributed by atoms with Gasteiger partial charge in [-0.2, -0.15) is 21.6 Å². The maximum atomic E-state index is 12.7. The maximum Gasteiger partial charge on any atom is 0.475 e. The number of nitrogens with one attached hydrogen (secondary N) is 1. The summed E-state index contributed by atoms with van der Waals surface area (Å²) in [4.78, 5) is 16.4. The standard InChI is InChI=1S/C19H17ClF3N3O6S2/c20-14-5-2-12(3-6-14)11-33(28)18-25-15-10-13(4-7-16(15)32-18)17(27)24-8-1-9-26(19(21,22)23)34(29,30)31/h2-7,10H,1,8-9,11H2,(H,24,27)(H,29,30,31). The third-order valence-corrected chi connectivity index (χ3v) is 6.78. The van der Waals surface area contributed by atoms with Crippen molar-refractivity contribution in [2.75, 3.05) is 13.1 Å². The van der Waals surface area contributed by atoms with Crippen LogP contribution in [0.3, 0.4) is 0 Å². The molecule has 0 fully saturated rings. The number of nitrogens with zero attached hydrogens (tertiary/aromatic N) is 2. The van der Waals surface area contributed by atoms with Crippen LogP contribution >= 0.6 is 11.6 Å². The molecule has 3 aromatic rings. The van der Waals surface area contributed by atoms with Gasteiger partial charge in [-0.25, -0.2) is 9.19 Å². The van der Waals surface area contributed by atoms with Crippen molar-refractivity contribution in [2.45, 2.75) is 23.7 Å². The molecule has 1 aromatic heterocycles. The Morgan fingerprint density at radius 2 is 1.88 bits per heavy atom. The van der Waals surface area contributed by atoms with E-state index in [1.54, 1.807) is 24.3 Å². The number of halogens is 4. The van der Waals surface area contributed by atoms with Gasteiger partial charge in [0.2, 0.25) is 0 Å². The van der Waals surface area contributed by atoms with Crippen LogP contribution in [-0.4, -0.2) is 51.8 Å². The summed E-state index contributed by atoms with van der Waals surface area (Å²) in [6.07, 6.45) is -5.70. The highest BCUT2D eigenvalue weighted by Gasteiger charge is 2.44. The summed E-state index contributed by atoms with van der Waals surface area (Å²) in [5.41, 5.74) is 1.40. The van der Waals surface area contributed by atoms with Crippen molar-refractivity contribution in [1.29, 1.82) is 0 Å². The van der Waals surface area contributed by atoms with Crippen LogP contribution < -0.4 is 5.32 Å². The number of alkyl halides is 3. The number of rotatable bonds is 9. The van der Waals surface area contributed by atoms with Gasteiger partial charge in [-0.05, 0) is 42.3 Å². The van der Waals surface area contributed by atoms with E-state index in [9.17, 15) is 30.6 Å². The highest BCUT2D eigenvalue weighted by molar-refractivity contribution is 7.84. The quantitative estimate of drug-likeness (QED) is 0.242. The Morgan fingerprint density at radius 3 is 2.50 bits per heavy atom. The van der Waals surface area contributed by atoms with Gasteiger partial charge in [0.25, 0.3) is 11.1 Å². The first-order valence-corrected chi connectivity index (χ1v) is 12.6. The normalized spacial score (nSPS) is 13.4. The number of aromatic nitrogens is 1. The molecule has 0 aliphatic carbocycles. The molecule has 2 N–H and O–H groups in total. The van der Waals surface area contributed by atoms with Crippen LogP contribution in [-0.2, 0) is 26.9 Å². The monoisotopic (exact) mass is 539 g/mol. The first kappa shape index (κ1) is 26.1. The molecule has 1 atom stereocenters. The molecule has 0 saturated heterocycles. The molecule has 34 heavy (non-hydrogen) atoms. The van der Waals surface area contributed by atoms with Crippen molar-refractivity contribution in [1.82, 2.24) is 14.6 Å². The van der Waals surface area contributed by atoms with Crippen molar-refractivity contribution in [3.63, 3.8) is 0 Å². The second kappa shape index (κ2) is 10.4. The number of amides is 1. The van der Waals surface area contributed by atoms with Crippen molar-refractivity contribution >= 4 is 49.7 Å². The van der Waals surface area contributed by atoms with Gasteiger partial charge in [-0.1, -0.05) is 28.0 Å². The van der Waals surface area contributed by atoms with E-state index in [4.69, 9.17) is 20.6 Å². The van der Waals surface area contributed by atoms with Crippen LogP contribution in [0.1, 0.15) is 22.3 Å². The number of benzene rings is 2. The number of oxazole rings is 1. The van der Waals surface area contributed by atoms with Gasteiger partial charge < -0.3 is 9.73 Å². The lowest BCUT2D eigenvalue weighted by Crippen LogP contribution is -2.43. The van der Waals surface area contributed by atoms with Crippen LogP contribution in [0, 0.1) is 0 Å². The predicted molar refractivity (Wildman–Crippen MR) is 117 cm³/mol. The van der Waals surface area contributed by atoms with E-state index in [0.29, 0.717) is 5.02 Å². The van der Waals surface area contributed by atoms with E-state index in [2.05, 4.69) is 10.3 Å². The lowest BCUT2D eigenvalue weighted by Gasteiger charge is -2.20.